The molecule has 0 saturated carbocycles. The monoisotopic (exact) mass is 316 g/mol. The third kappa shape index (κ3) is 3.92. The molecule has 1 rings (SSSR count). The highest BCUT2D eigenvalue weighted by Crippen LogP contribution is 2.25. The maximum Gasteiger partial charge on any atom is 0.339 e. The Kier molecular flexibility index (Phi) is 4.92. The molecule has 0 heterocycles. The number of nitrogens with zero attached hydrogens (tertiary/aromatic N) is 1. The van der Waals surface area contributed by atoms with Crippen molar-refractivity contribution in [3.63, 3.8) is 0 Å². The molecular formula is C12H16N2O6S. The first-order chi connectivity index (χ1) is 9.56. The molecule has 116 valence electrons. The Balaban J connectivity index is 3.17. The Morgan fingerprint density at radius 3 is 2.33 bits per heavy atom. The lowest BCUT2D eigenvalue weighted by Crippen LogP contribution is -2.36. The van der Waals surface area contributed by atoms with Gasteiger partial charge in [-0.1, -0.05) is 0 Å². The van der Waals surface area contributed by atoms with Gasteiger partial charge in [-0.3, -0.25) is 4.79 Å². The van der Waals surface area contributed by atoms with Crippen LogP contribution in [0.3, 0.4) is 0 Å². The number of aromatic hydroxyl groups is 1. The number of aromatic carboxylic acids is 1. The van der Waals surface area contributed by atoms with Crippen LogP contribution >= 0.6 is 0 Å². The Hall–Kier alpha value is -2.13. The van der Waals surface area contributed by atoms with Crippen LogP contribution in [0, 0.1) is 6.92 Å². The topological polar surface area (TPSA) is 124 Å². The molecular weight excluding hydrogens is 300 g/mol. The van der Waals surface area contributed by atoms with Crippen molar-refractivity contribution in [1.29, 1.82) is 0 Å². The highest BCUT2D eigenvalue weighted by Gasteiger charge is 2.22. The number of carbonyl (C=O) groups excluding carboxylic acids is 1. The van der Waals surface area contributed by atoms with Crippen molar-refractivity contribution < 1.29 is 28.2 Å². The third-order valence-corrected chi connectivity index (χ3v) is 4.27. The molecule has 0 saturated heterocycles. The summed E-state index contributed by atoms with van der Waals surface area (Å²) in [4.78, 5) is 23.2. The number of rotatable bonds is 5. The zero-order chi connectivity index (χ0) is 16.4. The molecule has 0 atom stereocenters. The summed E-state index contributed by atoms with van der Waals surface area (Å²) in [5.41, 5.74) is -0.359. The molecule has 0 fully saturated rings. The van der Waals surface area contributed by atoms with Crippen LogP contribution in [-0.4, -0.2) is 56.0 Å². The Labute approximate surface area is 122 Å². The van der Waals surface area contributed by atoms with Gasteiger partial charge in [0.05, 0.1) is 11.4 Å². The molecule has 1 aromatic carbocycles. The number of sulfonamides is 1. The third-order valence-electron chi connectivity index (χ3n) is 2.73. The maximum atomic E-state index is 12.1. The van der Waals surface area contributed by atoms with E-state index in [0.29, 0.717) is 0 Å². The number of hydrogen-bond acceptors (Lipinski definition) is 5. The average Bonchev–Trinajstić information content (AvgIpc) is 2.34. The first kappa shape index (κ1) is 16.9. The van der Waals surface area contributed by atoms with E-state index in [0.717, 1.165) is 12.1 Å². The van der Waals surface area contributed by atoms with Crippen LogP contribution in [0.2, 0.25) is 0 Å². The number of carboxylic acid groups (broad SMARTS) is 1. The zero-order valence-corrected chi connectivity index (χ0v) is 12.6. The summed E-state index contributed by atoms with van der Waals surface area (Å²) in [5, 5.41) is 18.4. The first-order valence-corrected chi connectivity index (χ1v) is 7.31. The van der Waals surface area contributed by atoms with Gasteiger partial charge in [0.2, 0.25) is 15.9 Å². The van der Waals surface area contributed by atoms with Crippen LogP contribution in [0.4, 0.5) is 0 Å². The van der Waals surface area contributed by atoms with Crippen LogP contribution in [-0.2, 0) is 14.8 Å². The fraction of sp³-hybridized carbons (Fsp3) is 0.333. The van der Waals surface area contributed by atoms with Gasteiger partial charge in [-0.25, -0.2) is 17.9 Å². The van der Waals surface area contributed by atoms with Crippen molar-refractivity contribution in [1.82, 2.24) is 9.62 Å². The van der Waals surface area contributed by atoms with Crippen LogP contribution < -0.4 is 4.72 Å². The van der Waals surface area contributed by atoms with Crippen molar-refractivity contribution >= 4 is 21.9 Å². The molecule has 0 spiro atoms. The molecule has 9 heteroatoms. The molecule has 0 aromatic heterocycles. The standard InChI is InChI=1S/C12H16N2O6S/c1-7-4-9(15)8(12(17)18)5-10(7)21(19,20)13-6-11(16)14(2)3/h4-5,13,15H,6H2,1-3H3,(H,17,18). The molecule has 0 aliphatic rings. The van der Waals surface area contributed by atoms with E-state index in [-0.39, 0.29) is 10.5 Å². The Bertz CT molecular complexity index is 681. The normalized spacial score (nSPS) is 11.2. The average molecular weight is 316 g/mol. The summed E-state index contributed by atoms with van der Waals surface area (Å²) in [7, 11) is -1.11. The van der Waals surface area contributed by atoms with E-state index in [4.69, 9.17) is 5.11 Å². The van der Waals surface area contributed by atoms with E-state index in [1.165, 1.54) is 25.9 Å². The Morgan fingerprint density at radius 2 is 1.86 bits per heavy atom. The zero-order valence-electron chi connectivity index (χ0n) is 11.7. The van der Waals surface area contributed by atoms with Crippen LogP contribution in [0.15, 0.2) is 17.0 Å². The summed E-state index contributed by atoms with van der Waals surface area (Å²) >= 11 is 0. The van der Waals surface area contributed by atoms with E-state index in [9.17, 15) is 23.1 Å². The highest BCUT2D eigenvalue weighted by atomic mass is 32.2. The SMILES string of the molecule is Cc1cc(O)c(C(=O)O)cc1S(=O)(=O)NCC(=O)N(C)C. The fourth-order valence-electron chi connectivity index (χ4n) is 1.53. The molecule has 0 aliphatic carbocycles. The smallest absolute Gasteiger partial charge is 0.339 e. The lowest BCUT2D eigenvalue weighted by Gasteiger charge is -2.13. The van der Waals surface area contributed by atoms with Gasteiger partial charge in [0.25, 0.3) is 0 Å². The van der Waals surface area contributed by atoms with E-state index in [2.05, 4.69) is 4.72 Å². The van der Waals surface area contributed by atoms with Crippen LogP contribution in [0.25, 0.3) is 0 Å². The van der Waals surface area contributed by atoms with Crippen molar-refractivity contribution in [2.75, 3.05) is 20.6 Å². The second kappa shape index (κ2) is 6.10. The van der Waals surface area contributed by atoms with Gasteiger partial charge in [0.15, 0.2) is 0 Å². The van der Waals surface area contributed by atoms with Gasteiger partial charge in [-0.05, 0) is 24.6 Å². The van der Waals surface area contributed by atoms with Gasteiger partial charge in [-0.2, -0.15) is 0 Å². The highest BCUT2D eigenvalue weighted by molar-refractivity contribution is 7.89. The Morgan fingerprint density at radius 1 is 1.29 bits per heavy atom. The molecule has 1 amide bonds. The van der Waals surface area contributed by atoms with Crippen LogP contribution in [0.5, 0.6) is 5.75 Å². The van der Waals surface area contributed by atoms with Gasteiger partial charge in [0.1, 0.15) is 11.3 Å². The number of likely N-dealkylation sites (N-methyl/N-ethyl adjacent to an activating group) is 1. The van der Waals surface area contributed by atoms with Crippen molar-refractivity contribution in [2.24, 2.45) is 0 Å². The second-order valence-electron chi connectivity index (χ2n) is 4.55. The fourth-order valence-corrected chi connectivity index (χ4v) is 2.75. The van der Waals surface area contributed by atoms with E-state index >= 15 is 0 Å². The molecule has 0 radical (unpaired) electrons. The van der Waals surface area contributed by atoms with E-state index in [1.807, 2.05) is 0 Å². The number of carboxylic acids is 1. The first-order valence-electron chi connectivity index (χ1n) is 5.83. The number of nitrogens with one attached hydrogen (secondary N) is 1. The minimum absolute atomic E-state index is 0.169. The van der Waals surface area contributed by atoms with Gasteiger partial charge in [-0.15, -0.1) is 0 Å². The molecule has 0 aliphatic heterocycles. The number of amides is 1. The lowest BCUT2D eigenvalue weighted by molar-refractivity contribution is -0.127. The molecule has 3 N–H and O–H groups in total. The van der Waals surface area contributed by atoms with E-state index < -0.39 is 39.8 Å². The van der Waals surface area contributed by atoms with Gasteiger partial charge < -0.3 is 15.1 Å². The number of benzene rings is 1. The van der Waals surface area contributed by atoms with Crippen molar-refractivity contribution in [3.8, 4) is 5.75 Å². The number of aryl methyl sites for hydroxylation is 1. The number of carbonyl (C=O) groups is 2. The quantitative estimate of drug-likeness (QED) is 0.689. The lowest BCUT2D eigenvalue weighted by atomic mass is 10.1. The number of phenols is 1. The minimum atomic E-state index is -4.06. The summed E-state index contributed by atoms with van der Waals surface area (Å²) in [6.07, 6.45) is 0. The molecule has 0 unspecified atom stereocenters. The van der Waals surface area contributed by atoms with Crippen molar-refractivity contribution in [2.45, 2.75) is 11.8 Å². The molecule has 0 bridgehead atoms. The molecule has 8 nitrogen and oxygen atoms in total. The summed E-state index contributed by atoms with van der Waals surface area (Å²) in [5.74, 6) is -2.43. The number of hydrogen-bond donors (Lipinski definition) is 3. The molecule has 21 heavy (non-hydrogen) atoms. The summed E-state index contributed by atoms with van der Waals surface area (Å²) in [6.45, 7) is 0.964. The summed E-state index contributed by atoms with van der Waals surface area (Å²) < 4.78 is 26.3. The summed E-state index contributed by atoms with van der Waals surface area (Å²) in [6, 6.07) is 1.90. The van der Waals surface area contributed by atoms with Gasteiger partial charge in [0, 0.05) is 14.1 Å². The van der Waals surface area contributed by atoms with E-state index in [1.54, 1.807) is 0 Å². The predicted octanol–water partition coefficient (Wildman–Crippen LogP) is -0.235. The second-order valence-corrected chi connectivity index (χ2v) is 6.29. The van der Waals surface area contributed by atoms with Crippen LogP contribution in [0.1, 0.15) is 15.9 Å². The van der Waals surface area contributed by atoms with Gasteiger partial charge >= 0.3 is 5.97 Å². The molecule has 1 aromatic rings. The largest absolute Gasteiger partial charge is 0.507 e. The minimum Gasteiger partial charge on any atom is -0.507 e. The predicted molar refractivity (Wildman–Crippen MR) is 73.7 cm³/mol. The maximum absolute atomic E-state index is 12.1. The van der Waals surface area contributed by atoms with Crippen molar-refractivity contribution in [3.05, 3.63) is 23.3 Å².